The van der Waals surface area contributed by atoms with Gasteiger partial charge in [-0.25, -0.2) is 8.78 Å². The summed E-state index contributed by atoms with van der Waals surface area (Å²) in [5.74, 6) is -0.0516. The zero-order chi connectivity index (χ0) is 9.68. The molecule has 0 radical (unpaired) electrons. The number of carbonyl (C=O) groups is 1. The molecule has 2 N–H and O–H groups in total. The van der Waals surface area contributed by atoms with Crippen LogP contribution in [-0.4, -0.2) is 31.5 Å². The van der Waals surface area contributed by atoms with E-state index in [0.717, 1.165) is 12.8 Å². The molecule has 0 spiro atoms. The van der Waals surface area contributed by atoms with Crippen LogP contribution < -0.4 is 10.6 Å². The highest BCUT2D eigenvalue weighted by atomic mass is 19.3. The summed E-state index contributed by atoms with van der Waals surface area (Å²) in [5.41, 5.74) is 0. The number of alkyl halides is 2. The Morgan fingerprint density at radius 1 is 1.62 bits per heavy atom. The molecule has 76 valence electrons. The molecule has 13 heavy (non-hydrogen) atoms. The number of carbonyl (C=O) groups excluding carboxylic acids is 1. The van der Waals surface area contributed by atoms with Crippen LogP contribution >= 0.6 is 0 Å². The van der Waals surface area contributed by atoms with Crippen LogP contribution in [0.4, 0.5) is 8.78 Å². The van der Waals surface area contributed by atoms with Gasteiger partial charge in [-0.2, -0.15) is 0 Å². The fourth-order valence-electron chi connectivity index (χ4n) is 1.40. The van der Waals surface area contributed by atoms with Gasteiger partial charge in [0.05, 0.1) is 6.54 Å². The summed E-state index contributed by atoms with van der Waals surface area (Å²) >= 11 is 0. The zero-order valence-electron chi connectivity index (χ0n) is 7.35. The Hall–Kier alpha value is -0.710. The smallest absolute Gasteiger partial charge is 0.250 e. The van der Waals surface area contributed by atoms with Crippen molar-refractivity contribution >= 4 is 5.91 Å². The molecule has 1 saturated heterocycles. The van der Waals surface area contributed by atoms with Crippen LogP contribution in [0.3, 0.4) is 0 Å². The molecule has 0 bridgehead atoms. The van der Waals surface area contributed by atoms with E-state index in [4.69, 9.17) is 0 Å². The summed E-state index contributed by atoms with van der Waals surface area (Å²) < 4.78 is 23.7. The van der Waals surface area contributed by atoms with E-state index in [1.165, 1.54) is 0 Å². The largest absolute Gasteiger partial charge is 0.356 e. The summed E-state index contributed by atoms with van der Waals surface area (Å²) in [6.07, 6.45) is -0.392. The third-order valence-corrected chi connectivity index (χ3v) is 2.04. The maximum Gasteiger partial charge on any atom is 0.250 e. The van der Waals surface area contributed by atoms with E-state index < -0.39 is 6.43 Å². The Morgan fingerprint density at radius 3 is 3.08 bits per heavy atom. The predicted molar refractivity (Wildman–Crippen MR) is 44.7 cm³/mol. The first-order valence-corrected chi connectivity index (χ1v) is 4.46. The molecule has 0 aromatic rings. The topological polar surface area (TPSA) is 41.1 Å². The molecule has 3 nitrogen and oxygen atoms in total. The van der Waals surface area contributed by atoms with E-state index >= 15 is 0 Å². The monoisotopic (exact) mass is 192 g/mol. The fourth-order valence-corrected chi connectivity index (χ4v) is 1.40. The van der Waals surface area contributed by atoms with Crippen LogP contribution in [0.15, 0.2) is 0 Å². The lowest BCUT2D eigenvalue weighted by Gasteiger charge is -2.14. The lowest BCUT2D eigenvalue weighted by molar-refractivity contribution is -0.121. The molecule has 1 unspecified atom stereocenters. The second kappa shape index (κ2) is 5.11. The Balaban J connectivity index is 2.26. The average Bonchev–Trinajstić information content (AvgIpc) is 2.26. The Labute approximate surface area is 75.9 Å². The summed E-state index contributed by atoms with van der Waals surface area (Å²) in [4.78, 5) is 11.0. The van der Waals surface area contributed by atoms with Crippen molar-refractivity contribution in [1.29, 1.82) is 0 Å². The van der Waals surface area contributed by atoms with Crippen molar-refractivity contribution in [2.24, 2.45) is 0 Å². The first-order chi connectivity index (χ1) is 6.18. The van der Waals surface area contributed by atoms with Gasteiger partial charge in [0.15, 0.2) is 0 Å². The van der Waals surface area contributed by atoms with E-state index in [-0.39, 0.29) is 18.5 Å². The van der Waals surface area contributed by atoms with Gasteiger partial charge < -0.3 is 10.6 Å². The van der Waals surface area contributed by atoms with E-state index in [0.29, 0.717) is 13.0 Å². The normalized spacial score (nSPS) is 24.2. The minimum atomic E-state index is -2.34. The molecular formula is C8H14F2N2O. The SMILES string of the molecule is O=C1CC(NCC(F)F)CCCN1. The zero-order valence-corrected chi connectivity index (χ0v) is 7.35. The molecule has 0 aromatic carbocycles. The van der Waals surface area contributed by atoms with E-state index in [1.807, 2.05) is 0 Å². The quantitative estimate of drug-likeness (QED) is 0.684. The van der Waals surface area contributed by atoms with E-state index in [9.17, 15) is 13.6 Å². The van der Waals surface area contributed by atoms with Crippen LogP contribution in [0.5, 0.6) is 0 Å². The first-order valence-electron chi connectivity index (χ1n) is 4.46. The second-order valence-electron chi connectivity index (χ2n) is 3.19. The summed E-state index contributed by atoms with van der Waals surface area (Å²) in [6, 6.07) is -0.0866. The van der Waals surface area contributed by atoms with Crippen LogP contribution in [0.2, 0.25) is 0 Å². The molecule has 1 amide bonds. The maximum atomic E-state index is 11.8. The molecule has 1 heterocycles. The highest BCUT2D eigenvalue weighted by molar-refractivity contribution is 5.76. The van der Waals surface area contributed by atoms with Gasteiger partial charge in [-0.1, -0.05) is 0 Å². The molecule has 1 fully saturated rings. The maximum absolute atomic E-state index is 11.8. The summed E-state index contributed by atoms with van der Waals surface area (Å²) in [6.45, 7) is 0.337. The number of hydrogen-bond acceptors (Lipinski definition) is 2. The third kappa shape index (κ3) is 4.17. The highest BCUT2D eigenvalue weighted by Crippen LogP contribution is 2.06. The molecule has 0 aliphatic carbocycles. The number of nitrogens with one attached hydrogen (secondary N) is 2. The van der Waals surface area contributed by atoms with Gasteiger partial charge in [0.1, 0.15) is 0 Å². The molecule has 5 heteroatoms. The van der Waals surface area contributed by atoms with Crippen LogP contribution in [-0.2, 0) is 4.79 Å². The Morgan fingerprint density at radius 2 is 2.38 bits per heavy atom. The number of rotatable bonds is 3. The van der Waals surface area contributed by atoms with Gasteiger partial charge in [-0.05, 0) is 12.8 Å². The molecule has 1 rings (SSSR count). The van der Waals surface area contributed by atoms with Crippen molar-refractivity contribution < 1.29 is 13.6 Å². The third-order valence-electron chi connectivity index (χ3n) is 2.04. The lowest BCUT2D eigenvalue weighted by atomic mass is 10.1. The molecule has 1 aliphatic rings. The fraction of sp³-hybridized carbons (Fsp3) is 0.875. The standard InChI is InChI=1S/C8H14F2N2O/c9-7(10)5-12-6-2-1-3-11-8(13)4-6/h6-7,12H,1-5H2,(H,11,13). The van der Waals surface area contributed by atoms with Gasteiger partial charge >= 0.3 is 0 Å². The molecule has 1 aliphatic heterocycles. The molecule has 0 aromatic heterocycles. The first kappa shape index (κ1) is 10.4. The minimum Gasteiger partial charge on any atom is -0.356 e. The molecule has 1 atom stereocenters. The van der Waals surface area contributed by atoms with E-state index in [2.05, 4.69) is 10.6 Å². The number of amides is 1. The molecular weight excluding hydrogens is 178 g/mol. The van der Waals surface area contributed by atoms with E-state index in [1.54, 1.807) is 0 Å². The van der Waals surface area contributed by atoms with Gasteiger partial charge in [-0.3, -0.25) is 4.79 Å². The summed E-state index contributed by atoms with van der Waals surface area (Å²) in [5, 5.41) is 5.38. The van der Waals surface area contributed by atoms with Crippen LogP contribution in [0.25, 0.3) is 0 Å². The average molecular weight is 192 g/mol. The lowest BCUT2D eigenvalue weighted by Crippen LogP contribution is -2.35. The van der Waals surface area contributed by atoms with Crippen molar-refractivity contribution in [3.8, 4) is 0 Å². The van der Waals surface area contributed by atoms with Gasteiger partial charge in [-0.15, -0.1) is 0 Å². The number of hydrogen-bond donors (Lipinski definition) is 2. The Kier molecular flexibility index (Phi) is 4.08. The van der Waals surface area contributed by atoms with Crippen molar-refractivity contribution in [2.75, 3.05) is 13.1 Å². The van der Waals surface area contributed by atoms with Crippen molar-refractivity contribution in [1.82, 2.24) is 10.6 Å². The van der Waals surface area contributed by atoms with Crippen LogP contribution in [0, 0.1) is 0 Å². The second-order valence-corrected chi connectivity index (χ2v) is 3.19. The van der Waals surface area contributed by atoms with Crippen molar-refractivity contribution in [3.05, 3.63) is 0 Å². The van der Waals surface area contributed by atoms with Crippen molar-refractivity contribution in [2.45, 2.75) is 31.7 Å². The minimum absolute atomic E-state index is 0.0516. The van der Waals surface area contributed by atoms with Gasteiger partial charge in [0.25, 0.3) is 6.43 Å². The van der Waals surface area contributed by atoms with Crippen LogP contribution in [0.1, 0.15) is 19.3 Å². The predicted octanol–water partition coefficient (Wildman–Crippen LogP) is 0.510. The van der Waals surface area contributed by atoms with Crippen molar-refractivity contribution in [3.63, 3.8) is 0 Å². The number of halogens is 2. The van der Waals surface area contributed by atoms with Gasteiger partial charge in [0.2, 0.25) is 5.91 Å². The Bertz CT molecular complexity index is 176. The van der Waals surface area contributed by atoms with Gasteiger partial charge in [0, 0.05) is 19.0 Å². The summed E-state index contributed by atoms with van der Waals surface area (Å²) in [7, 11) is 0. The molecule has 0 saturated carbocycles. The highest BCUT2D eigenvalue weighted by Gasteiger charge is 2.17.